The fourth-order valence-electron chi connectivity index (χ4n) is 1.91. The van der Waals surface area contributed by atoms with E-state index in [9.17, 15) is 9.90 Å². The number of aliphatic hydroxyl groups excluding tert-OH is 2. The van der Waals surface area contributed by atoms with E-state index in [2.05, 4.69) is 9.66 Å². The van der Waals surface area contributed by atoms with Crippen LogP contribution in [0.15, 0.2) is 17.1 Å². The predicted octanol–water partition coefficient (Wildman–Crippen LogP) is -1.74. The molecular weight excluding hydrogens is 321 g/mol. The fourth-order valence-corrected chi connectivity index (χ4v) is 2.14. The van der Waals surface area contributed by atoms with Crippen molar-refractivity contribution in [2.24, 2.45) is 0 Å². The summed E-state index contributed by atoms with van der Waals surface area (Å²) in [4.78, 5) is 29.2. The summed E-state index contributed by atoms with van der Waals surface area (Å²) in [5.74, 6) is 0.0405. The summed E-state index contributed by atoms with van der Waals surface area (Å²) in [5.41, 5.74) is 4.71. The fraction of sp³-hybridized carbons (Fsp3) is 0.600. The molecule has 1 fully saturated rings. The van der Waals surface area contributed by atoms with Crippen molar-refractivity contribution in [1.82, 2.24) is 9.55 Å². The lowest BCUT2D eigenvalue weighted by molar-refractivity contribution is -0.333. The van der Waals surface area contributed by atoms with Crippen molar-refractivity contribution in [3.05, 3.63) is 22.7 Å². The molecule has 0 saturated carbocycles. The lowest BCUT2D eigenvalue weighted by Crippen LogP contribution is -2.37. The van der Waals surface area contributed by atoms with Crippen LogP contribution in [0.2, 0.25) is 0 Å². The maximum atomic E-state index is 11.8. The molecule has 2 heterocycles. The van der Waals surface area contributed by atoms with Gasteiger partial charge in [0.2, 0.25) is 14.7 Å². The first-order valence-electron chi connectivity index (χ1n) is 6.09. The van der Waals surface area contributed by atoms with Crippen LogP contribution in [0, 0.1) is 0 Å². The quantitative estimate of drug-likeness (QED) is 0.266. The minimum absolute atomic E-state index is 0.0405. The zero-order valence-corrected chi connectivity index (χ0v) is 12.4. The van der Waals surface area contributed by atoms with Gasteiger partial charge in [-0.15, -0.1) is 0 Å². The van der Waals surface area contributed by atoms with Crippen LogP contribution in [0.5, 0.6) is 0 Å². The van der Waals surface area contributed by atoms with E-state index in [1.165, 1.54) is 19.4 Å². The number of rotatable bonds is 6. The van der Waals surface area contributed by atoms with Crippen molar-refractivity contribution in [3.63, 3.8) is 0 Å². The van der Waals surface area contributed by atoms with Crippen molar-refractivity contribution in [2.45, 2.75) is 24.7 Å². The number of ether oxygens (including phenoxy) is 2. The molecule has 5 N–H and O–H groups in total. The van der Waals surface area contributed by atoms with Crippen LogP contribution in [-0.4, -0.2) is 56.6 Å². The first-order chi connectivity index (χ1) is 10.5. The molecule has 1 saturated heterocycles. The second-order valence-corrected chi connectivity index (χ2v) is 5.43. The summed E-state index contributed by atoms with van der Waals surface area (Å²) in [5, 5.41) is 18.7. The van der Waals surface area contributed by atoms with E-state index in [1.54, 1.807) is 0 Å². The molecule has 2 rings (SSSR count). The Morgan fingerprint density at radius 1 is 1.59 bits per heavy atom. The number of anilines is 1. The van der Waals surface area contributed by atoms with E-state index in [4.69, 9.17) is 30.1 Å². The Morgan fingerprint density at radius 2 is 2.32 bits per heavy atom. The van der Waals surface area contributed by atoms with Gasteiger partial charge < -0.3 is 30.3 Å². The van der Waals surface area contributed by atoms with Gasteiger partial charge in [-0.3, -0.25) is 4.57 Å². The largest absolute Gasteiger partial charge is 0.387 e. The van der Waals surface area contributed by atoms with E-state index < -0.39 is 45.1 Å². The van der Waals surface area contributed by atoms with Crippen LogP contribution in [0.25, 0.3) is 0 Å². The molecule has 11 nitrogen and oxygen atoms in total. The first kappa shape index (κ1) is 17.2. The van der Waals surface area contributed by atoms with Crippen molar-refractivity contribution >= 4 is 14.2 Å². The van der Waals surface area contributed by atoms with Gasteiger partial charge in [0.25, 0.3) is 0 Å². The maximum Gasteiger partial charge on any atom is 0.351 e. The zero-order valence-electron chi connectivity index (χ0n) is 11.5. The smallest absolute Gasteiger partial charge is 0.351 e. The monoisotopic (exact) mass is 337 g/mol. The van der Waals surface area contributed by atoms with Gasteiger partial charge >= 0.3 is 5.69 Å². The molecule has 124 valence electrons. The average Bonchev–Trinajstić information content (AvgIpc) is 2.80. The van der Waals surface area contributed by atoms with Crippen molar-refractivity contribution in [1.29, 1.82) is 0 Å². The highest BCUT2D eigenvalue weighted by atomic mass is 31.2. The number of nitrogen functional groups attached to an aromatic ring is 1. The van der Waals surface area contributed by atoms with Crippen molar-refractivity contribution in [2.75, 3.05) is 19.2 Å². The predicted molar refractivity (Wildman–Crippen MR) is 72.0 cm³/mol. The van der Waals surface area contributed by atoms with Crippen LogP contribution in [-0.2, 0) is 19.0 Å². The Balaban J connectivity index is 2.16. The van der Waals surface area contributed by atoms with Crippen LogP contribution < -0.4 is 11.4 Å². The van der Waals surface area contributed by atoms with Gasteiger partial charge in [0.15, 0.2) is 6.23 Å². The Morgan fingerprint density at radius 3 is 2.91 bits per heavy atom. The van der Waals surface area contributed by atoms with Gasteiger partial charge in [0.05, 0.1) is 0 Å². The summed E-state index contributed by atoms with van der Waals surface area (Å²) in [6.45, 7) is 0. The molecular formula is C10H16N3O8P. The third-order valence-corrected chi connectivity index (χ3v) is 3.41. The van der Waals surface area contributed by atoms with Crippen molar-refractivity contribution < 1.29 is 34.1 Å². The third kappa shape index (κ3) is 3.59. The van der Waals surface area contributed by atoms with Gasteiger partial charge in [-0.25, -0.2) is 4.79 Å². The number of hydrogen-bond acceptors (Lipinski definition) is 10. The van der Waals surface area contributed by atoms with Crippen LogP contribution in [0.3, 0.4) is 0 Å². The minimum Gasteiger partial charge on any atom is -0.387 e. The van der Waals surface area contributed by atoms with E-state index in [-0.39, 0.29) is 5.82 Å². The summed E-state index contributed by atoms with van der Waals surface area (Å²) >= 11 is 0. The SMILES string of the molecule is CO[C@H]1C(O)[C@@H](OOP(O)CO)O[C@H]1n1ccc(N)nc1=O. The molecule has 0 amide bonds. The molecule has 1 aromatic rings. The summed E-state index contributed by atoms with van der Waals surface area (Å²) < 4.78 is 16.0. The first-order valence-corrected chi connectivity index (χ1v) is 7.49. The number of nitrogens with two attached hydrogens (primary N) is 1. The average molecular weight is 337 g/mol. The third-order valence-electron chi connectivity index (χ3n) is 2.91. The van der Waals surface area contributed by atoms with E-state index in [0.29, 0.717) is 0 Å². The topological polar surface area (TPSA) is 159 Å². The highest BCUT2D eigenvalue weighted by Crippen LogP contribution is 2.35. The summed E-state index contributed by atoms with van der Waals surface area (Å²) in [7, 11) is -0.892. The number of aliphatic hydroxyl groups is 2. The molecule has 22 heavy (non-hydrogen) atoms. The van der Waals surface area contributed by atoms with Gasteiger partial charge in [-0.1, -0.05) is 0 Å². The number of hydrogen-bond donors (Lipinski definition) is 4. The lowest BCUT2D eigenvalue weighted by Gasteiger charge is -2.19. The Hall–Kier alpha value is -1.17. The van der Waals surface area contributed by atoms with E-state index in [1.807, 2.05) is 0 Å². The zero-order chi connectivity index (χ0) is 16.3. The molecule has 0 radical (unpaired) electrons. The molecule has 1 aliphatic heterocycles. The molecule has 1 aromatic heterocycles. The van der Waals surface area contributed by atoms with Gasteiger partial charge in [-0.05, 0) is 6.07 Å². The minimum atomic E-state index is -2.21. The van der Waals surface area contributed by atoms with Crippen LogP contribution in [0.4, 0.5) is 5.82 Å². The number of nitrogens with zero attached hydrogens (tertiary/aromatic N) is 2. The van der Waals surface area contributed by atoms with Gasteiger partial charge in [0, 0.05) is 13.3 Å². The van der Waals surface area contributed by atoms with Crippen LogP contribution in [0.1, 0.15) is 6.23 Å². The molecule has 1 aliphatic rings. The normalized spacial score (nSPS) is 29.6. The molecule has 0 aliphatic carbocycles. The van der Waals surface area contributed by atoms with E-state index in [0.717, 1.165) is 4.57 Å². The van der Waals surface area contributed by atoms with Gasteiger partial charge in [-0.2, -0.15) is 14.5 Å². The second kappa shape index (κ2) is 7.40. The Kier molecular flexibility index (Phi) is 5.78. The summed E-state index contributed by atoms with van der Waals surface area (Å²) in [6, 6.07) is 1.38. The molecule has 12 heteroatoms. The molecule has 2 unspecified atom stereocenters. The molecule has 0 spiro atoms. The number of aromatic nitrogens is 2. The molecule has 0 bridgehead atoms. The highest BCUT2D eigenvalue weighted by Gasteiger charge is 2.47. The van der Waals surface area contributed by atoms with E-state index >= 15 is 0 Å². The number of methoxy groups -OCH3 is 1. The second-order valence-electron chi connectivity index (χ2n) is 4.29. The summed E-state index contributed by atoms with van der Waals surface area (Å²) in [6.07, 6.45) is -3.92. The van der Waals surface area contributed by atoms with Crippen molar-refractivity contribution in [3.8, 4) is 0 Å². The maximum absolute atomic E-state index is 11.8. The standard InChI is InChI=1S/C10H16N3O8P/c1-18-7-6(15)9(20-21-22(17)4-14)19-8(7)13-3-2-5(11)12-10(13)16/h2-3,6-9,14-15,17H,4H2,1H3,(H2,11,12,16)/t6?,7-,8+,9+,22?/m0/s1. The lowest BCUT2D eigenvalue weighted by atomic mass is 10.2. The molecule has 5 atom stereocenters. The Labute approximate surface area is 125 Å². The van der Waals surface area contributed by atoms with Crippen LogP contribution >= 0.6 is 8.38 Å². The molecule has 0 aromatic carbocycles. The van der Waals surface area contributed by atoms with Gasteiger partial charge in [0.1, 0.15) is 24.4 Å². The Bertz CT molecular complexity index is 557. The highest BCUT2D eigenvalue weighted by molar-refractivity contribution is 7.45.